The van der Waals surface area contributed by atoms with E-state index < -0.39 is 4.92 Å². The van der Waals surface area contributed by atoms with Crippen LogP contribution in [0.2, 0.25) is 0 Å². The van der Waals surface area contributed by atoms with E-state index in [0.29, 0.717) is 17.0 Å². The molecule has 0 unspecified atom stereocenters. The van der Waals surface area contributed by atoms with Crippen LogP contribution in [0.5, 0.6) is 11.5 Å². The van der Waals surface area contributed by atoms with Gasteiger partial charge in [-0.1, -0.05) is 17.3 Å². The molecule has 140 valence electrons. The summed E-state index contributed by atoms with van der Waals surface area (Å²) in [5, 5.41) is 35.3. The molecule has 2 aromatic carbocycles. The van der Waals surface area contributed by atoms with Gasteiger partial charge in [0.1, 0.15) is 23.5 Å². The van der Waals surface area contributed by atoms with E-state index in [9.17, 15) is 10.1 Å². The first-order valence-electron chi connectivity index (χ1n) is 7.90. The Bertz CT molecular complexity index is 1020. The number of benzene rings is 2. The SMILES string of the molecule is COc1ccccc1C(C)=NOc1cc(NC=C(C#N)C#N)cc([N+](=O)[O-])c1. The molecule has 9 nitrogen and oxygen atoms in total. The highest BCUT2D eigenvalue weighted by Gasteiger charge is 2.12. The Morgan fingerprint density at radius 2 is 1.96 bits per heavy atom. The van der Waals surface area contributed by atoms with Crippen LogP contribution in [-0.2, 0) is 0 Å². The molecule has 0 aromatic heterocycles. The molecule has 9 heteroatoms. The van der Waals surface area contributed by atoms with E-state index in [2.05, 4.69) is 10.5 Å². The van der Waals surface area contributed by atoms with Gasteiger partial charge in [0.25, 0.3) is 5.69 Å². The number of methoxy groups -OCH3 is 1. The van der Waals surface area contributed by atoms with Gasteiger partial charge in [-0.25, -0.2) is 0 Å². The Labute approximate surface area is 160 Å². The molecule has 0 saturated carbocycles. The second kappa shape index (κ2) is 9.36. The second-order valence-corrected chi connectivity index (χ2v) is 5.37. The molecule has 0 fully saturated rings. The van der Waals surface area contributed by atoms with Gasteiger partial charge in [0.15, 0.2) is 5.75 Å². The lowest BCUT2D eigenvalue weighted by Crippen LogP contribution is -2.01. The number of nitrogens with zero attached hydrogens (tertiary/aromatic N) is 4. The Morgan fingerprint density at radius 3 is 2.61 bits per heavy atom. The molecule has 0 aliphatic rings. The smallest absolute Gasteiger partial charge is 0.275 e. The molecular formula is C19H15N5O4. The number of nitrogens with one attached hydrogen (secondary N) is 1. The van der Waals surface area contributed by atoms with Gasteiger partial charge in [-0.2, -0.15) is 10.5 Å². The van der Waals surface area contributed by atoms with Crippen molar-refractivity contribution in [1.82, 2.24) is 0 Å². The first-order valence-corrected chi connectivity index (χ1v) is 7.90. The summed E-state index contributed by atoms with van der Waals surface area (Å²) in [6.45, 7) is 1.71. The van der Waals surface area contributed by atoms with Gasteiger partial charge < -0.3 is 14.9 Å². The van der Waals surface area contributed by atoms with Gasteiger partial charge >= 0.3 is 0 Å². The number of nitro benzene ring substituents is 1. The van der Waals surface area contributed by atoms with Crippen molar-refractivity contribution in [3.05, 3.63) is 69.9 Å². The summed E-state index contributed by atoms with van der Waals surface area (Å²) < 4.78 is 5.27. The maximum absolute atomic E-state index is 11.1. The van der Waals surface area contributed by atoms with Crippen molar-refractivity contribution in [1.29, 1.82) is 10.5 Å². The topological polar surface area (TPSA) is 134 Å². The van der Waals surface area contributed by atoms with Crippen LogP contribution in [0.4, 0.5) is 11.4 Å². The van der Waals surface area contributed by atoms with Crippen LogP contribution in [0.25, 0.3) is 0 Å². The van der Waals surface area contributed by atoms with Crippen molar-refractivity contribution < 1.29 is 14.5 Å². The lowest BCUT2D eigenvalue weighted by atomic mass is 10.1. The standard InChI is InChI=1S/C19H15N5O4/c1-13(18-5-3-4-6-19(18)27-2)23-28-17-8-15(7-16(9-17)24(25)26)22-12-14(10-20)11-21/h3-9,12,22H,1-2H3. The molecule has 0 amide bonds. The Morgan fingerprint density at radius 1 is 1.25 bits per heavy atom. The minimum Gasteiger partial charge on any atom is -0.496 e. The van der Waals surface area contributed by atoms with Crippen LogP contribution < -0.4 is 14.9 Å². The fraction of sp³-hybridized carbons (Fsp3) is 0.105. The third-order valence-electron chi connectivity index (χ3n) is 3.51. The largest absolute Gasteiger partial charge is 0.496 e. The van der Waals surface area contributed by atoms with Gasteiger partial charge in [-0.3, -0.25) is 10.1 Å². The molecule has 0 spiro atoms. The number of nitro groups is 1. The fourth-order valence-corrected chi connectivity index (χ4v) is 2.18. The average molecular weight is 377 g/mol. The molecule has 28 heavy (non-hydrogen) atoms. The molecular weight excluding hydrogens is 362 g/mol. The number of nitriles is 2. The molecule has 0 aliphatic carbocycles. The minimum absolute atomic E-state index is 0.106. The average Bonchev–Trinajstić information content (AvgIpc) is 2.72. The predicted molar refractivity (Wildman–Crippen MR) is 102 cm³/mol. The van der Waals surface area contributed by atoms with Crippen molar-refractivity contribution in [2.45, 2.75) is 6.92 Å². The maximum atomic E-state index is 11.1. The molecule has 0 radical (unpaired) electrons. The quantitative estimate of drug-likeness (QED) is 0.336. The van der Waals surface area contributed by atoms with Crippen molar-refractivity contribution in [2.24, 2.45) is 5.16 Å². The second-order valence-electron chi connectivity index (χ2n) is 5.37. The Hall–Kier alpha value is -4.37. The van der Waals surface area contributed by atoms with Crippen molar-refractivity contribution in [3.63, 3.8) is 0 Å². The zero-order valence-electron chi connectivity index (χ0n) is 15.0. The summed E-state index contributed by atoms with van der Waals surface area (Å²) in [5.41, 5.74) is 1.06. The van der Waals surface area contributed by atoms with Crippen LogP contribution >= 0.6 is 0 Å². The zero-order chi connectivity index (χ0) is 20.5. The summed E-state index contributed by atoms with van der Waals surface area (Å²) in [6, 6.07) is 14.5. The lowest BCUT2D eigenvalue weighted by molar-refractivity contribution is -0.384. The van der Waals surface area contributed by atoms with E-state index in [0.717, 1.165) is 6.20 Å². The van der Waals surface area contributed by atoms with E-state index in [1.165, 1.54) is 25.3 Å². The zero-order valence-corrected chi connectivity index (χ0v) is 15.0. The number of hydrogen-bond acceptors (Lipinski definition) is 8. The number of anilines is 1. The van der Waals surface area contributed by atoms with E-state index in [1.807, 2.05) is 12.1 Å². The van der Waals surface area contributed by atoms with Crippen molar-refractivity contribution in [3.8, 4) is 23.6 Å². The number of para-hydroxylation sites is 1. The lowest BCUT2D eigenvalue weighted by Gasteiger charge is -2.08. The van der Waals surface area contributed by atoms with Gasteiger partial charge in [0.2, 0.25) is 0 Å². The van der Waals surface area contributed by atoms with Crippen LogP contribution in [0.3, 0.4) is 0 Å². The number of rotatable bonds is 7. The van der Waals surface area contributed by atoms with Gasteiger partial charge in [0.05, 0.1) is 23.8 Å². The molecule has 0 heterocycles. The fourth-order valence-electron chi connectivity index (χ4n) is 2.18. The van der Waals surface area contributed by atoms with Crippen molar-refractivity contribution >= 4 is 17.1 Å². The number of hydrogen-bond donors (Lipinski definition) is 1. The number of oxime groups is 1. The number of allylic oxidation sites excluding steroid dienone is 1. The van der Waals surface area contributed by atoms with E-state index in [1.54, 1.807) is 31.2 Å². The molecule has 1 N–H and O–H groups in total. The third kappa shape index (κ3) is 5.07. The van der Waals surface area contributed by atoms with Gasteiger partial charge in [-0.15, -0.1) is 0 Å². The monoisotopic (exact) mass is 377 g/mol. The highest BCUT2D eigenvalue weighted by molar-refractivity contribution is 6.00. The van der Waals surface area contributed by atoms with Crippen LogP contribution in [0, 0.1) is 32.8 Å². The summed E-state index contributed by atoms with van der Waals surface area (Å²) >= 11 is 0. The van der Waals surface area contributed by atoms with Crippen LogP contribution in [0.15, 0.2) is 59.4 Å². The van der Waals surface area contributed by atoms with Crippen LogP contribution in [0.1, 0.15) is 12.5 Å². The maximum Gasteiger partial charge on any atom is 0.275 e. The molecule has 0 saturated heterocycles. The number of ether oxygens (including phenoxy) is 1. The van der Waals surface area contributed by atoms with E-state index in [-0.39, 0.29) is 22.7 Å². The summed E-state index contributed by atoms with van der Waals surface area (Å²) in [4.78, 5) is 15.9. The summed E-state index contributed by atoms with van der Waals surface area (Å²) in [7, 11) is 1.54. The Balaban J connectivity index is 2.32. The normalized spacial score (nSPS) is 10.2. The highest BCUT2D eigenvalue weighted by Crippen LogP contribution is 2.27. The highest BCUT2D eigenvalue weighted by atomic mass is 16.6. The minimum atomic E-state index is -0.589. The Kier molecular flexibility index (Phi) is 6.67. The molecule has 0 atom stereocenters. The molecule has 2 aromatic rings. The van der Waals surface area contributed by atoms with Crippen molar-refractivity contribution in [2.75, 3.05) is 12.4 Å². The first kappa shape index (κ1) is 19.9. The van der Waals surface area contributed by atoms with E-state index in [4.69, 9.17) is 20.1 Å². The summed E-state index contributed by atoms with van der Waals surface area (Å²) in [5.74, 6) is 0.717. The first-order chi connectivity index (χ1) is 13.5. The van der Waals surface area contributed by atoms with Gasteiger partial charge in [0, 0.05) is 29.6 Å². The molecule has 2 rings (SSSR count). The van der Waals surface area contributed by atoms with Gasteiger partial charge in [-0.05, 0) is 19.1 Å². The third-order valence-corrected chi connectivity index (χ3v) is 3.51. The molecule has 0 aliphatic heterocycles. The van der Waals surface area contributed by atoms with Crippen LogP contribution in [-0.4, -0.2) is 17.7 Å². The molecule has 0 bridgehead atoms. The number of non-ortho nitro benzene ring substituents is 1. The summed E-state index contributed by atoms with van der Waals surface area (Å²) in [6.07, 6.45) is 1.15. The van der Waals surface area contributed by atoms with E-state index >= 15 is 0 Å². The predicted octanol–water partition coefficient (Wildman–Crippen LogP) is 3.75.